The molecule has 0 radical (unpaired) electrons. The number of unbranched alkanes of at least 4 members (excludes halogenated alkanes) is 1. The first-order chi connectivity index (χ1) is 14.2. The highest BCUT2D eigenvalue weighted by atomic mass is 16.1. The van der Waals surface area contributed by atoms with E-state index in [-0.39, 0.29) is 5.69 Å². The van der Waals surface area contributed by atoms with Gasteiger partial charge in [-0.15, -0.1) is 0 Å². The number of carbonyl (C=O) groups excluding carboxylic acids is 1. The molecule has 1 aliphatic heterocycles. The van der Waals surface area contributed by atoms with Crippen molar-refractivity contribution < 1.29 is 4.79 Å². The molecule has 0 bridgehead atoms. The van der Waals surface area contributed by atoms with Crippen molar-refractivity contribution in [3.05, 3.63) is 47.8 Å². The summed E-state index contributed by atoms with van der Waals surface area (Å²) in [6.07, 6.45) is 6.41. The molecule has 3 N–H and O–H groups in total. The standard InChI is InChI=1S/C22H30N6O/c23-21(29)19-9-11-25-22(26-19)24-10-3-4-12-27-13-15-28(16-14-27)20-6-2-1-5-18(20)17-7-8-17/h1-2,5-6,9,11,17H,3-4,7-8,10,12-16H2,(H2,23,29)(H,24,25,26). The Labute approximate surface area is 172 Å². The van der Waals surface area contributed by atoms with Crippen LogP contribution in [0.4, 0.5) is 11.6 Å². The first-order valence-corrected chi connectivity index (χ1v) is 10.6. The van der Waals surface area contributed by atoms with Crippen molar-refractivity contribution in [1.82, 2.24) is 14.9 Å². The third-order valence-corrected chi connectivity index (χ3v) is 5.76. The summed E-state index contributed by atoms with van der Waals surface area (Å²) in [6.45, 7) is 6.36. The van der Waals surface area contributed by atoms with Crippen molar-refractivity contribution in [1.29, 1.82) is 0 Å². The highest BCUT2D eigenvalue weighted by Crippen LogP contribution is 2.44. The Kier molecular flexibility index (Phi) is 6.24. The molecule has 154 valence electrons. The number of benzene rings is 1. The molecule has 0 unspecified atom stereocenters. The van der Waals surface area contributed by atoms with Gasteiger partial charge in [0.15, 0.2) is 0 Å². The minimum absolute atomic E-state index is 0.239. The van der Waals surface area contributed by atoms with Crippen LogP contribution in [0.2, 0.25) is 0 Å². The van der Waals surface area contributed by atoms with E-state index in [1.165, 1.54) is 24.6 Å². The third-order valence-electron chi connectivity index (χ3n) is 5.76. The monoisotopic (exact) mass is 394 g/mol. The van der Waals surface area contributed by atoms with Crippen molar-refractivity contribution in [2.24, 2.45) is 5.73 Å². The average molecular weight is 395 g/mol. The molecule has 1 aromatic heterocycles. The minimum Gasteiger partial charge on any atom is -0.369 e. The Bertz CT molecular complexity index is 830. The second kappa shape index (κ2) is 9.22. The quantitative estimate of drug-likeness (QED) is 0.636. The number of rotatable bonds is 9. The number of primary amides is 1. The summed E-state index contributed by atoms with van der Waals surface area (Å²) in [6, 6.07) is 10.5. The molecular weight excluding hydrogens is 364 g/mol. The van der Waals surface area contributed by atoms with Crippen LogP contribution in [0, 0.1) is 0 Å². The molecule has 2 aromatic rings. The molecule has 7 heteroatoms. The molecule has 7 nitrogen and oxygen atoms in total. The van der Waals surface area contributed by atoms with Gasteiger partial charge in [-0.1, -0.05) is 18.2 Å². The largest absolute Gasteiger partial charge is 0.369 e. The summed E-state index contributed by atoms with van der Waals surface area (Å²) in [7, 11) is 0. The maximum absolute atomic E-state index is 11.2. The number of piperazine rings is 1. The molecule has 2 heterocycles. The molecule has 1 aromatic carbocycles. The van der Waals surface area contributed by atoms with Gasteiger partial charge in [0, 0.05) is 44.6 Å². The summed E-state index contributed by atoms with van der Waals surface area (Å²) >= 11 is 0. The molecule has 1 amide bonds. The van der Waals surface area contributed by atoms with Crippen LogP contribution in [0.15, 0.2) is 36.5 Å². The van der Waals surface area contributed by atoms with Gasteiger partial charge in [-0.3, -0.25) is 9.69 Å². The second-order valence-corrected chi connectivity index (χ2v) is 7.93. The maximum Gasteiger partial charge on any atom is 0.267 e. The molecular formula is C22H30N6O. The number of amides is 1. The van der Waals surface area contributed by atoms with Gasteiger partial charge >= 0.3 is 0 Å². The number of nitrogens with two attached hydrogens (primary N) is 1. The van der Waals surface area contributed by atoms with Crippen LogP contribution in [0.3, 0.4) is 0 Å². The zero-order valence-electron chi connectivity index (χ0n) is 16.9. The zero-order valence-corrected chi connectivity index (χ0v) is 16.9. The van der Waals surface area contributed by atoms with E-state index in [0.717, 1.165) is 58.0 Å². The van der Waals surface area contributed by atoms with Crippen molar-refractivity contribution in [2.75, 3.05) is 49.5 Å². The molecule has 1 aliphatic carbocycles. The van der Waals surface area contributed by atoms with E-state index in [4.69, 9.17) is 5.73 Å². The van der Waals surface area contributed by atoms with E-state index < -0.39 is 5.91 Å². The fourth-order valence-corrected chi connectivity index (χ4v) is 3.97. The molecule has 0 atom stereocenters. The van der Waals surface area contributed by atoms with Crippen LogP contribution in [0.1, 0.15) is 47.7 Å². The van der Waals surface area contributed by atoms with Crippen LogP contribution in [-0.2, 0) is 0 Å². The normalized spacial score (nSPS) is 17.3. The Morgan fingerprint density at radius 3 is 2.66 bits per heavy atom. The van der Waals surface area contributed by atoms with Crippen molar-refractivity contribution in [3.8, 4) is 0 Å². The predicted molar refractivity (Wildman–Crippen MR) is 115 cm³/mol. The molecule has 2 aliphatic rings. The van der Waals surface area contributed by atoms with Crippen molar-refractivity contribution >= 4 is 17.5 Å². The topological polar surface area (TPSA) is 87.4 Å². The van der Waals surface area contributed by atoms with Gasteiger partial charge in [-0.2, -0.15) is 0 Å². The number of hydrogen-bond acceptors (Lipinski definition) is 6. The van der Waals surface area contributed by atoms with Crippen LogP contribution in [0.5, 0.6) is 0 Å². The fourth-order valence-electron chi connectivity index (χ4n) is 3.97. The second-order valence-electron chi connectivity index (χ2n) is 7.93. The highest BCUT2D eigenvalue weighted by molar-refractivity contribution is 5.90. The molecule has 4 rings (SSSR count). The summed E-state index contributed by atoms with van der Waals surface area (Å²) < 4.78 is 0. The van der Waals surface area contributed by atoms with Crippen molar-refractivity contribution in [2.45, 2.75) is 31.6 Å². The minimum atomic E-state index is -0.533. The lowest BCUT2D eigenvalue weighted by molar-refractivity contribution is 0.0995. The molecule has 1 saturated heterocycles. The SMILES string of the molecule is NC(=O)c1ccnc(NCCCCN2CCN(c3ccccc3C3CC3)CC2)n1. The molecule has 29 heavy (non-hydrogen) atoms. The molecule has 2 fully saturated rings. The van der Waals surface area contributed by atoms with Crippen LogP contribution < -0.4 is 16.0 Å². The van der Waals surface area contributed by atoms with E-state index in [1.807, 2.05) is 0 Å². The smallest absolute Gasteiger partial charge is 0.267 e. The number of aromatic nitrogens is 2. The number of para-hydroxylation sites is 1. The van der Waals surface area contributed by atoms with Gasteiger partial charge in [-0.05, 0) is 55.8 Å². The number of carbonyl (C=O) groups is 1. The van der Waals surface area contributed by atoms with Crippen molar-refractivity contribution in [3.63, 3.8) is 0 Å². The summed E-state index contributed by atoms with van der Waals surface area (Å²) in [5.74, 6) is 0.725. The zero-order chi connectivity index (χ0) is 20.1. The van der Waals surface area contributed by atoms with E-state index in [1.54, 1.807) is 11.8 Å². The lowest BCUT2D eigenvalue weighted by Gasteiger charge is -2.37. The predicted octanol–water partition coefficient (Wildman–Crippen LogP) is 2.47. The number of nitrogens with zero attached hydrogens (tertiary/aromatic N) is 4. The summed E-state index contributed by atoms with van der Waals surface area (Å²) in [5, 5.41) is 3.17. The number of anilines is 2. The third kappa shape index (κ3) is 5.23. The van der Waals surface area contributed by atoms with E-state index in [9.17, 15) is 4.79 Å². The molecule has 0 spiro atoms. The van der Waals surface area contributed by atoms with E-state index >= 15 is 0 Å². The fraction of sp³-hybridized carbons (Fsp3) is 0.500. The van der Waals surface area contributed by atoms with Crippen LogP contribution in [-0.4, -0.2) is 60.0 Å². The van der Waals surface area contributed by atoms with E-state index in [2.05, 4.69) is 49.4 Å². The number of hydrogen-bond donors (Lipinski definition) is 2. The average Bonchev–Trinajstić information content (AvgIpc) is 3.60. The van der Waals surface area contributed by atoms with Gasteiger partial charge in [0.1, 0.15) is 5.69 Å². The summed E-state index contributed by atoms with van der Waals surface area (Å²) in [5.41, 5.74) is 8.49. The number of nitrogens with one attached hydrogen (secondary N) is 1. The van der Waals surface area contributed by atoms with Gasteiger partial charge in [0.2, 0.25) is 5.95 Å². The Morgan fingerprint density at radius 2 is 1.90 bits per heavy atom. The van der Waals surface area contributed by atoms with Gasteiger partial charge in [-0.25, -0.2) is 9.97 Å². The molecule has 1 saturated carbocycles. The van der Waals surface area contributed by atoms with E-state index in [0.29, 0.717) is 5.95 Å². The van der Waals surface area contributed by atoms with Crippen LogP contribution >= 0.6 is 0 Å². The lowest BCUT2D eigenvalue weighted by Crippen LogP contribution is -2.46. The lowest BCUT2D eigenvalue weighted by atomic mass is 10.1. The first-order valence-electron chi connectivity index (χ1n) is 10.6. The highest BCUT2D eigenvalue weighted by Gasteiger charge is 2.28. The Balaban J connectivity index is 1.16. The first kappa shape index (κ1) is 19.6. The van der Waals surface area contributed by atoms with Gasteiger partial charge in [0.05, 0.1) is 0 Å². The maximum atomic E-state index is 11.2. The van der Waals surface area contributed by atoms with Gasteiger partial charge in [0.25, 0.3) is 5.91 Å². The van der Waals surface area contributed by atoms with Crippen LogP contribution in [0.25, 0.3) is 0 Å². The Morgan fingerprint density at radius 1 is 1.10 bits per heavy atom. The van der Waals surface area contributed by atoms with Gasteiger partial charge < -0.3 is 16.0 Å². The summed E-state index contributed by atoms with van der Waals surface area (Å²) in [4.78, 5) is 24.5. The Hall–Kier alpha value is -2.67.